The highest BCUT2D eigenvalue weighted by Crippen LogP contribution is 2.30. The summed E-state index contributed by atoms with van der Waals surface area (Å²) < 4.78 is 0. The zero-order valence-electron chi connectivity index (χ0n) is 10.3. The van der Waals surface area contributed by atoms with Crippen molar-refractivity contribution in [2.45, 2.75) is 57.3 Å². The molecule has 0 radical (unpaired) electrons. The van der Waals surface area contributed by atoms with Gasteiger partial charge in [-0.2, -0.15) is 0 Å². The van der Waals surface area contributed by atoms with Crippen LogP contribution in [0.1, 0.15) is 43.2 Å². The van der Waals surface area contributed by atoms with Gasteiger partial charge in [0, 0.05) is 19.1 Å². The molecule has 2 nitrogen and oxygen atoms in total. The van der Waals surface area contributed by atoms with E-state index in [1.807, 2.05) is 0 Å². The number of aliphatic hydroxyl groups excluding tert-OH is 1. The molecule has 1 fully saturated rings. The molecule has 0 bridgehead atoms. The molecule has 1 saturated carbocycles. The van der Waals surface area contributed by atoms with Crippen molar-refractivity contribution in [2.75, 3.05) is 0 Å². The molecule has 1 aliphatic heterocycles. The van der Waals surface area contributed by atoms with Crippen LogP contribution in [0.15, 0.2) is 24.3 Å². The van der Waals surface area contributed by atoms with E-state index in [1.54, 1.807) is 0 Å². The number of rotatable bonds is 1. The first-order valence-corrected chi connectivity index (χ1v) is 6.83. The molecular formula is C15H21NO. The Morgan fingerprint density at radius 3 is 2.29 bits per heavy atom. The quantitative estimate of drug-likeness (QED) is 0.751. The third-order valence-corrected chi connectivity index (χ3v) is 4.28. The minimum atomic E-state index is -0.119. The van der Waals surface area contributed by atoms with Gasteiger partial charge in [-0.05, 0) is 24.0 Å². The van der Waals surface area contributed by atoms with E-state index in [4.69, 9.17) is 0 Å². The van der Waals surface area contributed by atoms with Crippen LogP contribution in [-0.4, -0.2) is 22.2 Å². The highest BCUT2D eigenvalue weighted by Gasteiger charge is 2.31. The van der Waals surface area contributed by atoms with Crippen molar-refractivity contribution in [3.8, 4) is 0 Å². The van der Waals surface area contributed by atoms with Crippen LogP contribution in [0.4, 0.5) is 0 Å². The zero-order chi connectivity index (χ0) is 11.7. The lowest BCUT2D eigenvalue weighted by molar-refractivity contribution is 0.0420. The Bertz CT molecular complexity index is 365. The largest absolute Gasteiger partial charge is 0.391 e. The van der Waals surface area contributed by atoms with Crippen LogP contribution in [0.3, 0.4) is 0 Å². The van der Waals surface area contributed by atoms with E-state index in [0.29, 0.717) is 6.04 Å². The maximum absolute atomic E-state index is 10.2. The number of nitrogens with zero attached hydrogens (tertiary/aromatic N) is 1. The summed E-state index contributed by atoms with van der Waals surface area (Å²) in [5.41, 5.74) is 2.90. The summed E-state index contributed by atoms with van der Waals surface area (Å²) in [6.07, 6.45) is 5.78. The maximum atomic E-state index is 10.2. The van der Waals surface area contributed by atoms with Crippen molar-refractivity contribution in [1.29, 1.82) is 0 Å². The molecule has 1 aromatic carbocycles. The molecule has 1 aromatic rings. The van der Waals surface area contributed by atoms with Gasteiger partial charge in [0.25, 0.3) is 0 Å². The highest BCUT2D eigenvalue weighted by molar-refractivity contribution is 5.30. The molecule has 0 aromatic heterocycles. The fraction of sp³-hybridized carbons (Fsp3) is 0.600. The standard InChI is InChI=1S/C15H21NO/c17-15-9-3-1-2-8-14(15)16-10-12-6-4-5-7-13(12)11-16/h4-7,14-15,17H,1-3,8-11H2. The summed E-state index contributed by atoms with van der Waals surface area (Å²) in [5.74, 6) is 0. The van der Waals surface area contributed by atoms with Gasteiger partial charge in [0.2, 0.25) is 0 Å². The summed E-state index contributed by atoms with van der Waals surface area (Å²) in [6, 6.07) is 9.05. The fourth-order valence-electron chi connectivity index (χ4n) is 3.29. The lowest BCUT2D eigenvalue weighted by atomic mass is 10.0. The van der Waals surface area contributed by atoms with E-state index in [-0.39, 0.29) is 6.10 Å². The highest BCUT2D eigenvalue weighted by atomic mass is 16.3. The van der Waals surface area contributed by atoms with Gasteiger partial charge in [-0.3, -0.25) is 4.90 Å². The lowest BCUT2D eigenvalue weighted by Gasteiger charge is -2.30. The Morgan fingerprint density at radius 1 is 0.941 bits per heavy atom. The summed E-state index contributed by atoms with van der Waals surface area (Å²) in [5, 5.41) is 10.2. The first-order valence-electron chi connectivity index (χ1n) is 6.83. The molecule has 2 atom stereocenters. The average Bonchev–Trinajstić information content (AvgIpc) is 2.65. The molecular weight excluding hydrogens is 210 g/mol. The van der Waals surface area contributed by atoms with E-state index >= 15 is 0 Å². The Kier molecular flexibility index (Phi) is 3.17. The van der Waals surface area contributed by atoms with E-state index in [2.05, 4.69) is 29.2 Å². The van der Waals surface area contributed by atoms with Crippen molar-refractivity contribution >= 4 is 0 Å². The molecule has 3 rings (SSSR count). The lowest BCUT2D eigenvalue weighted by Crippen LogP contribution is -2.39. The summed E-state index contributed by atoms with van der Waals surface area (Å²) in [7, 11) is 0. The molecule has 17 heavy (non-hydrogen) atoms. The van der Waals surface area contributed by atoms with Crippen LogP contribution in [0, 0.1) is 0 Å². The predicted octanol–water partition coefficient (Wildman–Crippen LogP) is 2.70. The van der Waals surface area contributed by atoms with Crippen LogP contribution in [0.5, 0.6) is 0 Å². The second kappa shape index (κ2) is 4.79. The minimum Gasteiger partial charge on any atom is -0.391 e. The average molecular weight is 231 g/mol. The molecule has 2 heteroatoms. The first kappa shape index (κ1) is 11.2. The van der Waals surface area contributed by atoms with Gasteiger partial charge < -0.3 is 5.11 Å². The third kappa shape index (κ3) is 2.24. The monoisotopic (exact) mass is 231 g/mol. The van der Waals surface area contributed by atoms with Gasteiger partial charge in [0.15, 0.2) is 0 Å². The molecule has 0 amide bonds. The molecule has 1 N–H and O–H groups in total. The Labute approximate surface area is 103 Å². The predicted molar refractivity (Wildman–Crippen MR) is 68.6 cm³/mol. The molecule has 1 heterocycles. The zero-order valence-corrected chi connectivity index (χ0v) is 10.3. The van der Waals surface area contributed by atoms with Crippen molar-refractivity contribution < 1.29 is 5.11 Å². The second-order valence-electron chi connectivity index (χ2n) is 5.45. The van der Waals surface area contributed by atoms with E-state index in [9.17, 15) is 5.11 Å². The first-order chi connectivity index (χ1) is 8.34. The smallest absolute Gasteiger partial charge is 0.0695 e. The third-order valence-electron chi connectivity index (χ3n) is 4.28. The van der Waals surface area contributed by atoms with Gasteiger partial charge in [-0.1, -0.05) is 43.5 Å². The SMILES string of the molecule is OC1CCCCCC1N1Cc2ccccc2C1. The van der Waals surface area contributed by atoms with E-state index in [1.165, 1.54) is 30.4 Å². The molecule has 0 spiro atoms. The van der Waals surface area contributed by atoms with Crippen molar-refractivity contribution in [3.63, 3.8) is 0 Å². The van der Waals surface area contributed by atoms with Gasteiger partial charge in [0.05, 0.1) is 6.10 Å². The van der Waals surface area contributed by atoms with E-state index < -0.39 is 0 Å². The van der Waals surface area contributed by atoms with Crippen molar-refractivity contribution in [2.24, 2.45) is 0 Å². The number of aliphatic hydroxyl groups is 1. The van der Waals surface area contributed by atoms with Crippen LogP contribution in [-0.2, 0) is 13.1 Å². The molecule has 92 valence electrons. The molecule has 0 saturated heterocycles. The molecule has 2 aliphatic rings. The summed E-state index contributed by atoms with van der Waals surface area (Å²) in [4.78, 5) is 2.47. The van der Waals surface area contributed by atoms with Gasteiger partial charge in [-0.15, -0.1) is 0 Å². The number of hydrogen-bond acceptors (Lipinski definition) is 2. The van der Waals surface area contributed by atoms with E-state index in [0.717, 1.165) is 25.9 Å². The Hall–Kier alpha value is -0.860. The van der Waals surface area contributed by atoms with Crippen LogP contribution in [0.25, 0.3) is 0 Å². The topological polar surface area (TPSA) is 23.5 Å². The van der Waals surface area contributed by atoms with Crippen molar-refractivity contribution in [3.05, 3.63) is 35.4 Å². The molecule has 2 unspecified atom stereocenters. The number of fused-ring (bicyclic) bond motifs is 1. The number of benzene rings is 1. The maximum Gasteiger partial charge on any atom is 0.0695 e. The van der Waals surface area contributed by atoms with Crippen LogP contribution < -0.4 is 0 Å². The fourth-order valence-corrected chi connectivity index (χ4v) is 3.29. The van der Waals surface area contributed by atoms with Crippen molar-refractivity contribution in [1.82, 2.24) is 4.90 Å². The summed E-state index contributed by atoms with van der Waals surface area (Å²) >= 11 is 0. The Morgan fingerprint density at radius 2 is 1.59 bits per heavy atom. The van der Waals surface area contributed by atoms with Gasteiger partial charge >= 0.3 is 0 Å². The van der Waals surface area contributed by atoms with Gasteiger partial charge in [-0.25, -0.2) is 0 Å². The minimum absolute atomic E-state index is 0.119. The van der Waals surface area contributed by atoms with Crippen LogP contribution >= 0.6 is 0 Å². The van der Waals surface area contributed by atoms with Gasteiger partial charge in [0.1, 0.15) is 0 Å². The molecule has 1 aliphatic carbocycles. The Balaban J connectivity index is 1.74. The summed E-state index contributed by atoms with van der Waals surface area (Å²) in [6.45, 7) is 2.05. The second-order valence-corrected chi connectivity index (χ2v) is 5.45. The van der Waals surface area contributed by atoms with Crippen LogP contribution in [0.2, 0.25) is 0 Å². The normalized spacial score (nSPS) is 29.9. The number of hydrogen-bond donors (Lipinski definition) is 1.